The quantitative estimate of drug-likeness (QED) is 0.686. The highest BCUT2D eigenvalue weighted by molar-refractivity contribution is 7.89. The maximum absolute atomic E-state index is 13.0. The topological polar surface area (TPSA) is 104 Å². The molecule has 0 spiro atoms. The first-order valence-corrected chi connectivity index (χ1v) is 11.2. The number of carboxylic acids is 1. The fourth-order valence-electron chi connectivity index (χ4n) is 3.54. The number of amides is 1. The number of hydrogen-bond acceptors (Lipinski definition) is 4. The van der Waals surface area contributed by atoms with E-state index in [4.69, 9.17) is 0 Å². The molecule has 0 saturated heterocycles. The Kier molecular flexibility index (Phi) is 7.60. The van der Waals surface area contributed by atoms with Crippen molar-refractivity contribution in [3.05, 3.63) is 29.8 Å². The highest BCUT2D eigenvalue weighted by Crippen LogP contribution is 2.26. The van der Waals surface area contributed by atoms with Crippen molar-refractivity contribution in [2.24, 2.45) is 5.92 Å². The molecule has 1 unspecified atom stereocenters. The van der Waals surface area contributed by atoms with Crippen molar-refractivity contribution >= 4 is 21.9 Å². The van der Waals surface area contributed by atoms with Crippen molar-refractivity contribution < 1.29 is 23.1 Å². The molecule has 28 heavy (non-hydrogen) atoms. The summed E-state index contributed by atoms with van der Waals surface area (Å²) in [6.07, 6.45) is 5.13. The minimum Gasteiger partial charge on any atom is -0.480 e. The largest absolute Gasteiger partial charge is 0.480 e. The fourth-order valence-corrected chi connectivity index (χ4v) is 5.00. The summed E-state index contributed by atoms with van der Waals surface area (Å²) < 4.78 is 27.4. The monoisotopic (exact) mass is 410 g/mol. The summed E-state index contributed by atoms with van der Waals surface area (Å²) in [6.45, 7) is 3.74. The van der Waals surface area contributed by atoms with E-state index in [-0.39, 0.29) is 22.4 Å². The summed E-state index contributed by atoms with van der Waals surface area (Å²) in [5, 5.41) is 11.8. The molecule has 1 atom stereocenters. The van der Waals surface area contributed by atoms with Gasteiger partial charge in [-0.3, -0.25) is 4.79 Å². The van der Waals surface area contributed by atoms with Crippen molar-refractivity contribution in [2.75, 3.05) is 7.05 Å². The van der Waals surface area contributed by atoms with Crippen LogP contribution in [0.4, 0.5) is 0 Å². The maximum Gasteiger partial charge on any atom is 0.326 e. The van der Waals surface area contributed by atoms with Gasteiger partial charge in [-0.1, -0.05) is 39.2 Å². The molecule has 7 nitrogen and oxygen atoms in total. The van der Waals surface area contributed by atoms with Gasteiger partial charge in [-0.2, -0.15) is 4.31 Å². The summed E-state index contributed by atoms with van der Waals surface area (Å²) in [5.41, 5.74) is 0.133. The minimum atomic E-state index is -3.72. The van der Waals surface area contributed by atoms with Crippen LogP contribution in [0.3, 0.4) is 0 Å². The second-order valence-corrected chi connectivity index (χ2v) is 9.83. The van der Waals surface area contributed by atoms with Crippen LogP contribution in [0.5, 0.6) is 0 Å². The number of aliphatic carboxylic acids is 1. The number of hydrogen-bond donors (Lipinski definition) is 2. The Morgan fingerprint density at radius 1 is 1.21 bits per heavy atom. The molecule has 156 valence electrons. The van der Waals surface area contributed by atoms with Gasteiger partial charge in [0.2, 0.25) is 10.0 Å². The van der Waals surface area contributed by atoms with Crippen molar-refractivity contribution in [3.63, 3.8) is 0 Å². The average Bonchev–Trinajstić information content (AvgIpc) is 2.67. The van der Waals surface area contributed by atoms with Crippen molar-refractivity contribution in [2.45, 2.75) is 69.4 Å². The van der Waals surface area contributed by atoms with E-state index >= 15 is 0 Å². The number of rotatable bonds is 8. The Hall–Kier alpha value is -1.93. The third kappa shape index (κ3) is 5.54. The van der Waals surface area contributed by atoms with Crippen LogP contribution >= 0.6 is 0 Å². The first kappa shape index (κ1) is 22.4. The Bertz CT molecular complexity index is 801. The van der Waals surface area contributed by atoms with E-state index in [1.165, 1.54) is 28.6 Å². The van der Waals surface area contributed by atoms with E-state index in [2.05, 4.69) is 5.32 Å². The van der Waals surface area contributed by atoms with Crippen molar-refractivity contribution in [3.8, 4) is 0 Å². The van der Waals surface area contributed by atoms with Crippen LogP contribution in [0, 0.1) is 5.92 Å². The standard InChI is InChI=1S/C20H30N2O5S/c1-14(2)12-18(20(24)25)21-19(23)15-8-7-11-17(13-15)28(26,27)22(3)16-9-5-4-6-10-16/h7-8,11,13-14,16,18H,4-6,9-10,12H2,1-3H3,(H,21,23)(H,24,25). The normalized spacial score (nSPS) is 16.9. The predicted molar refractivity (Wildman–Crippen MR) is 107 cm³/mol. The second-order valence-electron chi connectivity index (χ2n) is 7.83. The zero-order valence-electron chi connectivity index (χ0n) is 16.7. The summed E-state index contributed by atoms with van der Waals surface area (Å²) in [7, 11) is -2.14. The third-order valence-corrected chi connectivity index (χ3v) is 7.08. The molecular formula is C20H30N2O5S. The van der Waals surface area contributed by atoms with Gasteiger partial charge in [0, 0.05) is 18.7 Å². The van der Waals surface area contributed by atoms with Gasteiger partial charge < -0.3 is 10.4 Å². The lowest BCUT2D eigenvalue weighted by molar-refractivity contribution is -0.139. The van der Waals surface area contributed by atoms with E-state index in [1.54, 1.807) is 7.05 Å². The molecule has 0 bridgehead atoms. The molecule has 0 heterocycles. The van der Waals surface area contributed by atoms with Crippen LogP contribution in [0.2, 0.25) is 0 Å². The first-order chi connectivity index (χ1) is 13.1. The number of carbonyl (C=O) groups is 2. The number of nitrogens with one attached hydrogen (secondary N) is 1. The highest BCUT2D eigenvalue weighted by atomic mass is 32.2. The second kappa shape index (κ2) is 9.52. The average molecular weight is 411 g/mol. The Labute approximate surface area is 167 Å². The Balaban J connectivity index is 2.20. The van der Waals surface area contributed by atoms with Gasteiger partial charge in [-0.15, -0.1) is 0 Å². The minimum absolute atomic E-state index is 0.0290. The molecule has 1 aliphatic rings. The van der Waals surface area contributed by atoms with Crippen LogP contribution in [-0.4, -0.2) is 48.8 Å². The molecule has 2 N–H and O–H groups in total. The highest BCUT2D eigenvalue weighted by Gasteiger charge is 2.30. The van der Waals surface area contributed by atoms with E-state index in [0.29, 0.717) is 6.42 Å². The van der Waals surface area contributed by atoms with E-state index in [9.17, 15) is 23.1 Å². The van der Waals surface area contributed by atoms with E-state index in [0.717, 1.165) is 32.1 Å². The van der Waals surface area contributed by atoms with Gasteiger partial charge in [-0.05, 0) is 43.4 Å². The molecule has 1 amide bonds. The number of carbonyl (C=O) groups excluding carboxylic acids is 1. The lowest BCUT2D eigenvalue weighted by Crippen LogP contribution is -2.41. The molecule has 2 rings (SSSR count). The number of benzene rings is 1. The fraction of sp³-hybridized carbons (Fsp3) is 0.600. The molecule has 1 aromatic rings. The van der Waals surface area contributed by atoms with Gasteiger partial charge in [-0.25, -0.2) is 13.2 Å². The van der Waals surface area contributed by atoms with Crippen LogP contribution in [0.1, 0.15) is 62.7 Å². The molecule has 0 radical (unpaired) electrons. The van der Waals surface area contributed by atoms with Crippen LogP contribution in [0.15, 0.2) is 29.2 Å². The first-order valence-electron chi connectivity index (χ1n) is 9.74. The molecule has 1 fully saturated rings. The van der Waals surface area contributed by atoms with Gasteiger partial charge in [0.05, 0.1) is 4.90 Å². The summed E-state index contributed by atoms with van der Waals surface area (Å²) in [6, 6.07) is 4.74. The van der Waals surface area contributed by atoms with E-state index < -0.39 is 27.9 Å². The zero-order valence-corrected chi connectivity index (χ0v) is 17.5. The molecule has 1 aromatic carbocycles. The number of nitrogens with zero attached hydrogens (tertiary/aromatic N) is 1. The van der Waals surface area contributed by atoms with Gasteiger partial charge >= 0.3 is 5.97 Å². The molecule has 1 saturated carbocycles. The third-order valence-electron chi connectivity index (χ3n) is 5.17. The SMILES string of the molecule is CC(C)CC(NC(=O)c1cccc(S(=O)(=O)N(C)C2CCCCC2)c1)C(=O)O. The smallest absolute Gasteiger partial charge is 0.326 e. The van der Waals surface area contributed by atoms with Gasteiger partial charge in [0.1, 0.15) is 6.04 Å². The summed E-state index contributed by atoms with van der Waals surface area (Å²) in [4.78, 5) is 23.9. The van der Waals surface area contributed by atoms with Crippen LogP contribution < -0.4 is 5.32 Å². The molecule has 0 aromatic heterocycles. The predicted octanol–water partition coefficient (Wildman–Crippen LogP) is 2.87. The molecule has 8 heteroatoms. The van der Waals surface area contributed by atoms with Crippen LogP contribution in [0.25, 0.3) is 0 Å². The lowest BCUT2D eigenvalue weighted by Gasteiger charge is -2.30. The molecule has 0 aliphatic heterocycles. The van der Waals surface area contributed by atoms with Gasteiger partial charge in [0.15, 0.2) is 0 Å². The van der Waals surface area contributed by atoms with Crippen LogP contribution in [-0.2, 0) is 14.8 Å². The molecular weight excluding hydrogens is 380 g/mol. The summed E-state index contributed by atoms with van der Waals surface area (Å²) >= 11 is 0. The van der Waals surface area contributed by atoms with E-state index in [1.807, 2.05) is 13.8 Å². The summed E-state index contributed by atoms with van der Waals surface area (Å²) in [5.74, 6) is -1.61. The number of carboxylic acid groups (broad SMARTS) is 1. The van der Waals surface area contributed by atoms with Crippen molar-refractivity contribution in [1.82, 2.24) is 9.62 Å². The molecule has 1 aliphatic carbocycles. The number of sulfonamides is 1. The zero-order chi connectivity index (χ0) is 20.9. The van der Waals surface area contributed by atoms with Gasteiger partial charge in [0.25, 0.3) is 5.91 Å². The lowest BCUT2D eigenvalue weighted by atomic mass is 9.96. The Morgan fingerprint density at radius 3 is 2.43 bits per heavy atom. The Morgan fingerprint density at radius 2 is 1.86 bits per heavy atom. The maximum atomic E-state index is 13.0. The van der Waals surface area contributed by atoms with Crippen molar-refractivity contribution in [1.29, 1.82) is 0 Å².